The standard InChI is InChI=1S/C30H34Cl2N2O3/c1-5-22(4)33-30(36)27(17-23-11-7-6-8-12-23)34(18-24-13-9-10-14-26(24)31)28(35)19-37-25-15-20(2)29(32)21(3)16-25/h6-16,22,27H,5,17-19H2,1-4H3,(H,33,36)/t22-,27+/m1/s1. The van der Waals surface area contributed by atoms with Crippen LogP contribution in [0.1, 0.15) is 42.5 Å². The average molecular weight is 542 g/mol. The van der Waals surface area contributed by atoms with Crippen LogP contribution in [0, 0.1) is 13.8 Å². The average Bonchev–Trinajstić information content (AvgIpc) is 2.89. The lowest BCUT2D eigenvalue weighted by molar-refractivity contribution is -0.143. The van der Waals surface area contributed by atoms with Crippen LogP contribution < -0.4 is 10.1 Å². The molecule has 3 rings (SSSR count). The van der Waals surface area contributed by atoms with Gasteiger partial charge in [-0.2, -0.15) is 0 Å². The number of rotatable bonds is 11. The molecule has 37 heavy (non-hydrogen) atoms. The van der Waals surface area contributed by atoms with Crippen molar-refractivity contribution in [3.63, 3.8) is 0 Å². The predicted molar refractivity (Wildman–Crippen MR) is 150 cm³/mol. The Bertz CT molecular complexity index is 1190. The molecular formula is C30H34Cl2N2O3. The minimum atomic E-state index is -0.752. The third kappa shape index (κ3) is 7.98. The molecular weight excluding hydrogens is 507 g/mol. The van der Waals surface area contributed by atoms with Gasteiger partial charge in [-0.3, -0.25) is 9.59 Å². The summed E-state index contributed by atoms with van der Waals surface area (Å²) in [6, 6.07) is 19.9. The summed E-state index contributed by atoms with van der Waals surface area (Å²) in [5, 5.41) is 4.26. The topological polar surface area (TPSA) is 58.6 Å². The summed E-state index contributed by atoms with van der Waals surface area (Å²) in [6.45, 7) is 7.68. The fraction of sp³-hybridized carbons (Fsp3) is 0.333. The van der Waals surface area contributed by atoms with E-state index in [1.165, 1.54) is 0 Å². The summed E-state index contributed by atoms with van der Waals surface area (Å²) in [6.07, 6.45) is 1.14. The van der Waals surface area contributed by atoms with E-state index >= 15 is 0 Å². The molecule has 2 amide bonds. The number of carbonyl (C=O) groups is 2. The van der Waals surface area contributed by atoms with Gasteiger partial charge in [0.1, 0.15) is 11.8 Å². The molecule has 7 heteroatoms. The van der Waals surface area contributed by atoms with Gasteiger partial charge in [0.05, 0.1) is 0 Å². The summed E-state index contributed by atoms with van der Waals surface area (Å²) < 4.78 is 5.90. The third-order valence-electron chi connectivity index (χ3n) is 6.34. The Balaban J connectivity index is 1.94. The molecule has 0 aliphatic heterocycles. The second-order valence-corrected chi connectivity index (χ2v) is 10.1. The highest BCUT2D eigenvalue weighted by Gasteiger charge is 2.31. The van der Waals surface area contributed by atoms with Gasteiger partial charge in [-0.15, -0.1) is 0 Å². The molecule has 2 atom stereocenters. The van der Waals surface area contributed by atoms with Gasteiger partial charge < -0.3 is 15.0 Å². The maximum Gasteiger partial charge on any atom is 0.261 e. The Morgan fingerprint density at radius 2 is 1.59 bits per heavy atom. The molecule has 0 aromatic heterocycles. The lowest BCUT2D eigenvalue weighted by atomic mass is 10.0. The SMILES string of the molecule is CC[C@@H](C)NC(=O)[C@H](Cc1ccccc1)N(Cc1ccccc1Cl)C(=O)COc1cc(C)c(Cl)c(C)c1. The Kier molecular flexibility index (Phi) is 10.4. The molecule has 0 radical (unpaired) electrons. The second-order valence-electron chi connectivity index (χ2n) is 9.30. The first-order valence-electron chi connectivity index (χ1n) is 12.5. The Labute approximate surface area is 229 Å². The summed E-state index contributed by atoms with van der Waals surface area (Å²) in [5.74, 6) is 0.0244. The molecule has 3 aromatic rings. The molecule has 0 aliphatic rings. The second kappa shape index (κ2) is 13.5. The molecule has 0 bridgehead atoms. The van der Waals surface area contributed by atoms with Crippen molar-refractivity contribution < 1.29 is 14.3 Å². The quantitative estimate of drug-likeness (QED) is 0.300. The molecule has 196 valence electrons. The number of hydrogen-bond donors (Lipinski definition) is 1. The van der Waals surface area contributed by atoms with Crippen LogP contribution >= 0.6 is 23.2 Å². The van der Waals surface area contributed by atoms with E-state index < -0.39 is 6.04 Å². The highest BCUT2D eigenvalue weighted by Crippen LogP contribution is 2.26. The van der Waals surface area contributed by atoms with Gasteiger partial charge in [0, 0.05) is 29.1 Å². The van der Waals surface area contributed by atoms with E-state index in [0.717, 1.165) is 28.7 Å². The van der Waals surface area contributed by atoms with Crippen molar-refractivity contribution in [1.82, 2.24) is 10.2 Å². The van der Waals surface area contributed by atoms with Gasteiger partial charge in [0.2, 0.25) is 5.91 Å². The highest BCUT2D eigenvalue weighted by molar-refractivity contribution is 6.32. The smallest absolute Gasteiger partial charge is 0.261 e. The van der Waals surface area contributed by atoms with Gasteiger partial charge in [0.15, 0.2) is 6.61 Å². The number of nitrogens with zero attached hydrogens (tertiary/aromatic N) is 1. The lowest BCUT2D eigenvalue weighted by Gasteiger charge is -2.32. The Hall–Kier alpha value is -3.02. The molecule has 5 nitrogen and oxygen atoms in total. The molecule has 0 unspecified atom stereocenters. The molecule has 0 heterocycles. The monoisotopic (exact) mass is 540 g/mol. The first-order chi connectivity index (χ1) is 17.7. The normalized spacial score (nSPS) is 12.5. The van der Waals surface area contributed by atoms with Gasteiger partial charge in [-0.05, 0) is 67.6 Å². The maximum absolute atomic E-state index is 13.7. The number of halogens is 2. The highest BCUT2D eigenvalue weighted by atomic mass is 35.5. The van der Waals surface area contributed by atoms with E-state index in [9.17, 15) is 9.59 Å². The number of hydrogen-bond acceptors (Lipinski definition) is 3. The van der Waals surface area contributed by atoms with E-state index in [4.69, 9.17) is 27.9 Å². The van der Waals surface area contributed by atoms with Crippen molar-refractivity contribution >= 4 is 35.0 Å². The minimum absolute atomic E-state index is 0.0284. The summed E-state index contributed by atoms with van der Waals surface area (Å²) >= 11 is 12.8. The summed E-state index contributed by atoms with van der Waals surface area (Å²) in [7, 11) is 0. The van der Waals surface area contributed by atoms with Crippen LogP contribution in [0.2, 0.25) is 10.0 Å². The summed E-state index contributed by atoms with van der Waals surface area (Å²) in [4.78, 5) is 28.8. The van der Waals surface area contributed by atoms with Crippen LogP contribution in [0.25, 0.3) is 0 Å². The number of carbonyl (C=O) groups excluding carboxylic acids is 2. The number of benzene rings is 3. The molecule has 0 fully saturated rings. The van der Waals surface area contributed by atoms with E-state index in [1.807, 2.05) is 76.2 Å². The Morgan fingerprint density at radius 3 is 2.22 bits per heavy atom. The zero-order valence-corrected chi connectivity index (χ0v) is 23.3. The first kappa shape index (κ1) is 28.5. The number of ether oxygens (including phenoxy) is 1. The van der Waals surface area contributed by atoms with Crippen molar-refractivity contribution in [2.75, 3.05) is 6.61 Å². The van der Waals surface area contributed by atoms with Gasteiger partial charge in [-0.1, -0.05) is 78.7 Å². The van der Waals surface area contributed by atoms with E-state index in [2.05, 4.69) is 5.32 Å². The van der Waals surface area contributed by atoms with E-state index in [1.54, 1.807) is 23.1 Å². The van der Waals surface area contributed by atoms with Crippen LogP contribution in [-0.4, -0.2) is 35.4 Å². The molecule has 3 aromatic carbocycles. The van der Waals surface area contributed by atoms with Crippen LogP contribution in [0.4, 0.5) is 0 Å². The molecule has 0 spiro atoms. The molecule has 0 aliphatic carbocycles. The van der Waals surface area contributed by atoms with Crippen molar-refractivity contribution in [1.29, 1.82) is 0 Å². The predicted octanol–water partition coefficient (Wildman–Crippen LogP) is 6.54. The fourth-order valence-electron chi connectivity index (χ4n) is 4.02. The maximum atomic E-state index is 13.7. The third-order valence-corrected chi connectivity index (χ3v) is 7.31. The molecule has 0 saturated heterocycles. The van der Waals surface area contributed by atoms with Crippen molar-refractivity contribution in [2.24, 2.45) is 0 Å². The fourth-order valence-corrected chi connectivity index (χ4v) is 4.33. The van der Waals surface area contributed by atoms with Gasteiger partial charge >= 0.3 is 0 Å². The first-order valence-corrected chi connectivity index (χ1v) is 13.2. The van der Waals surface area contributed by atoms with Crippen LogP contribution in [0.5, 0.6) is 5.75 Å². The largest absolute Gasteiger partial charge is 0.484 e. The van der Waals surface area contributed by atoms with Gasteiger partial charge in [0.25, 0.3) is 5.91 Å². The Morgan fingerprint density at radius 1 is 0.973 bits per heavy atom. The number of aryl methyl sites for hydroxylation is 2. The number of amides is 2. The number of nitrogens with one attached hydrogen (secondary N) is 1. The van der Waals surface area contributed by atoms with Crippen LogP contribution in [0.15, 0.2) is 66.7 Å². The van der Waals surface area contributed by atoms with Crippen LogP contribution in [0.3, 0.4) is 0 Å². The van der Waals surface area contributed by atoms with Gasteiger partial charge in [-0.25, -0.2) is 0 Å². The molecule has 1 N–H and O–H groups in total. The van der Waals surface area contributed by atoms with E-state index in [0.29, 0.717) is 22.2 Å². The zero-order valence-electron chi connectivity index (χ0n) is 21.8. The lowest BCUT2D eigenvalue weighted by Crippen LogP contribution is -2.53. The molecule has 0 saturated carbocycles. The van der Waals surface area contributed by atoms with Crippen molar-refractivity contribution in [2.45, 2.75) is 59.2 Å². The van der Waals surface area contributed by atoms with Crippen LogP contribution in [-0.2, 0) is 22.6 Å². The van der Waals surface area contributed by atoms with Crippen molar-refractivity contribution in [3.8, 4) is 5.75 Å². The summed E-state index contributed by atoms with van der Waals surface area (Å²) in [5.41, 5.74) is 3.44. The van der Waals surface area contributed by atoms with Crippen molar-refractivity contribution in [3.05, 3.63) is 99.0 Å². The van der Waals surface area contributed by atoms with E-state index in [-0.39, 0.29) is 31.0 Å². The zero-order chi connectivity index (χ0) is 26.9. The minimum Gasteiger partial charge on any atom is -0.484 e.